The molecule has 0 aromatic heterocycles. The van der Waals surface area contributed by atoms with Crippen LogP contribution in [0.1, 0.15) is 47.0 Å². The molecule has 15 heavy (non-hydrogen) atoms. The van der Waals surface area contributed by atoms with Gasteiger partial charge in [-0.25, -0.2) is 0 Å². The summed E-state index contributed by atoms with van der Waals surface area (Å²) < 4.78 is 0. The molecule has 0 saturated carbocycles. The minimum Gasteiger partial charge on any atom is -0.300 e. The van der Waals surface area contributed by atoms with Gasteiger partial charge in [0.15, 0.2) is 0 Å². The summed E-state index contributed by atoms with van der Waals surface area (Å²) in [6.45, 7) is 8.13. The van der Waals surface area contributed by atoms with Crippen LogP contribution in [0.4, 0.5) is 0 Å². The maximum atomic E-state index is 11.6. The topological polar surface area (TPSA) is 17.1 Å². The van der Waals surface area contributed by atoms with Crippen molar-refractivity contribution in [2.24, 2.45) is 11.8 Å². The fourth-order valence-corrected chi connectivity index (χ4v) is 2.36. The van der Waals surface area contributed by atoms with Crippen LogP contribution >= 0.6 is 0 Å². The van der Waals surface area contributed by atoms with Crippen molar-refractivity contribution in [1.29, 1.82) is 0 Å². The fraction of sp³-hybridized carbons (Fsp3) is 0.643. The first-order valence-electron chi connectivity index (χ1n) is 5.83. The molecule has 1 aliphatic rings. The standard InChI is InChI=1S/C14H22O/c1-10(2)8-9-13-11(3)6-5-7-14(13)12(4)15/h6,8,13-14H,5,7,9H2,1-4H3/t13-,14-/m1/s1. The quantitative estimate of drug-likeness (QED) is 0.640. The molecule has 0 fully saturated rings. The van der Waals surface area contributed by atoms with E-state index in [9.17, 15) is 4.79 Å². The van der Waals surface area contributed by atoms with E-state index >= 15 is 0 Å². The number of ketones is 1. The van der Waals surface area contributed by atoms with E-state index in [1.807, 2.05) is 0 Å². The molecule has 0 radical (unpaired) electrons. The van der Waals surface area contributed by atoms with Crippen molar-refractivity contribution in [1.82, 2.24) is 0 Å². The highest BCUT2D eigenvalue weighted by molar-refractivity contribution is 5.79. The Morgan fingerprint density at radius 3 is 2.67 bits per heavy atom. The van der Waals surface area contributed by atoms with Gasteiger partial charge in [0.1, 0.15) is 5.78 Å². The Labute approximate surface area is 93.3 Å². The van der Waals surface area contributed by atoms with Crippen molar-refractivity contribution in [3.8, 4) is 0 Å². The summed E-state index contributed by atoms with van der Waals surface area (Å²) in [6, 6.07) is 0. The second-order valence-electron chi connectivity index (χ2n) is 4.87. The molecule has 0 unspecified atom stereocenters. The van der Waals surface area contributed by atoms with E-state index in [0.29, 0.717) is 11.7 Å². The van der Waals surface area contributed by atoms with E-state index < -0.39 is 0 Å². The molecule has 1 heteroatoms. The summed E-state index contributed by atoms with van der Waals surface area (Å²) in [4.78, 5) is 11.6. The second kappa shape index (κ2) is 5.29. The third kappa shape index (κ3) is 3.33. The lowest BCUT2D eigenvalue weighted by Gasteiger charge is -2.29. The summed E-state index contributed by atoms with van der Waals surface area (Å²) >= 11 is 0. The predicted octanol–water partition coefficient (Wildman–Crippen LogP) is 3.90. The van der Waals surface area contributed by atoms with E-state index in [1.165, 1.54) is 11.1 Å². The molecule has 0 bridgehead atoms. The van der Waals surface area contributed by atoms with Crippen LogP contribution in [-0.4, -0.2) is 5.78 Å². The Balaban J connectivity index is 2.78. The van der Waals surface area contributed by atoms with E-state index in [1.54, 1.807) is 6.92 Å². The zero-order chi connectivity index (χ0) is 11.4. The van der Waals surface area contributed by atoms with Crippen LogP contribution in [0.25, 0.3) is 0 Å². The molecule has 0 N–H and O–H groups in total. The van der Waals surface area contributed by atoms with E-state index in [0.717, 1.165) is 19.3 Å². The number of rotatable bonds is 3. The van der Waals surface area contributed by atoms with Gasteiger partial charge in [-0.15, -0.1) is 0 Å². The highest BCUT2D eigenvalue weighted by atomic mass is 16.1. The van der Waals surface area contributed by atoms with Gasteiger partial charge < -0.3 is 0 Å². The summed E-state index contributed by atoms with van der Waals surface area (Å²) in [6.07, 6.45) is 7.68. The molecule has 0 saturated heterocycles. The Morgan fingerprint density at radius 2 is 2.13 bits per heavy atom. The molecule has 1 nitrogen and oxygen atoms in total. The highest BCUT2D eigenvalue weighted by Crippen LogP contribution is 2.34. The van der Waals surface area contributed by atoms with E-state index in [2.05, 4.69) is 32.9 Å². The maximum Gasteiger partial charge on any atom is 0.133 e. The van der Waals surface area contributed by atoms with Crippen LogP contribution < -0.4 is 0 Å². The first kappa shape index (κ1) is 12.2. The zero-order valence-electron chi connectivity index (χ0n) is 10.3. The minimum absolute atomic E-state index is 0.255. The van der Waals surface area contributed by atoms with Crippen molar-refractivity contribution in [2.75, 3.05) is 0 Å². The molecule has 0 aliphatic heterocycles. The van der Waals surface area contributed by atoms with E-state index in [-0.39, 0.29) is 5.92 Å². The Morgan fingerprint density at radius 1 is 1.47 bits per heavy atom. The molecule has 0 amide bonds. The zero-order valence-corrected chi connectivity index (χ0v) is 10.3. The van der Waals surface area contributed by atoms with Gasteiger partial charge in [-0.3, -0.25) is 4.79 Å². The predicted molar refractivity (Wildman–Crippen MR) is 64.7 cm³/mol. The third-order valence-corrected chi connectivity index (χ3v) is 3.32. The summed E-state index contributed by atoms with van der Waals surface area (Å²) in [7, 11) is 0. The molecule has 1 aliphatic carbocycles. The average molecular weight is 206 g/mol. The van der Waals surface area contributed by atoms with Crippen molar-refractivity contribution < 1.29 is 4.79 Å². The van der Waals surface area contributed by atoms with E-state index in [4.69, 9.17) is 0 Å². The number of Topliss-reactive ketones (excluding diaryl/α,β-unsaturated/α-hetero) is 1. The van der Waals surface area contributed by atoms with Crippen molar-refractivity contribution in [3.05, 3.63) is 23.3 Å². The van der Waals surface area contributed by atoms with Crippen molar-refractivity contribution in [3.63, 3.8) is 0 Å². The van der Waals surface area contributed by atoms with Gasteiger partial charge in [-0.1, -0.05) is 23.3 Å². The minimum atomic E-state index is 0.255. The normalized spacial score (nSPS) is 25.7. The van der Waals surface area contributed by atoms with Gasteiger partial charge in [0.25, 0.3) is 0 Å². The van der Waals surface area contributed by atoms with Crippen LogP contribution in [0.15, 0.2) is 23.3 Å². The SMILES string of the molecule is CC(=O)[C@H]1CCC=C(C)[C@H]1CC=C(C)C. The van der Waals surface area contributed by atoms with Gasteiger partial charge >= 0.3 is 0 Å². The van der Waals surface area contributed by atoms with Crippen LogP contribution in [0.2, 0.25) is 0 Å². The van der Waals surface area contributed by atoms with Gasteiger partial charge in [0, 0.05) is 5.92 Å². The molecular formula is C14H22O. The lowest BCUT2D eigenvalue weighted by atomic mass is 9.75. The largest absolute Gasteiger partial charge is 0.300 e. The molecule has 0 aromatic carbocycles. The van der Waals surface area contributed by atoms with Gasteiger partial charge in [-0.2, -0.15) is 0 Å². The lowest BCUT2D eigenvalue weighted by Crippen LogP contribution is -2.25. The van der Waals surface area contributed by atoms with Crippen molar-refractivity contribution >= 4 is 5.78 Å². The smallest absolute Gasteiger partial charge is 0.133 e. The molecule has 2 atom stereocenters. The number of hydrogen-bond acceptors (Lipinski definition) is 1. The Kier molecular flexibility index (Phi) is 4.31. The van der Waals surface area contributed by atoms with Crippen LogP contribution in [-0.2, 0) is 4.79 Å². The first-order chi connectivity index (χ1) is 7.02. The fourth-order valence-electron chi connectivity index (χ4n) is 2.36. The number of carbonyl (C=O) groups is 1. The van der Waals surface area contributed by atoms with Crippen LogP contribution in [0, 0.1) is 11.8 Å². The average Bonchev–Trinajstić information content (AvgIpc) is 2.15. The number of carbonyl (C=O) groups excluding carboxylic acids is 1. The Hall–Kier alpha value is -0.850. The van der Waals surface area contributed by atoms with Crippen LogP contribution in [0.3, 0.4) is 0 Å². The summed E-state index contributed by atoms with van der Waals surface area (Å²) in [5.74, 6) is 1.06. The molecule has 0 heterocycles. The summed E-state index contributed by atoms with van der Waals surface area (Å²) in [5.41, 5.74) is 2.75. The molecule has 0 aromatic rings. The second-order valence-corrected chi connectivity index (χ2v) is 4.87. The molecule has 0 spiro atoms. The molecule has 84 valence electrons. The summed E-state index contributed by atoms with van der Waals surface area (Å²) in [5, 5.41) is 0. The first-order valence-corrected chi connectivity index (χ1v) is 5.83. The third-order valence-electron chi connectivity index (χ3n) is 3.32. The van der Waals surface area contributed by atoms with Crippen molar-refractivity contribution in [2.45, 2.75) is 47.0 Å². The number of hydrogen-bond donors (Lipinski definition) is 0. The molecular weight excluding hydrogens is 184 g/mol. The van der Waals surface area contributed by atoms with Gasteiger partial charge in [-0.05, 0) is 52.9 Å². The maximum absolute atomic E-state index is 11.6. The number of allylic oxidation sites excluding steroid dienone is 4. The lowest BCUT2D eigenvalue weighted by molar-refractivity contribution is -0.122. The highest BCUT2D eigenvalue weighted by Gasteiger charge is 2.27. The van der Waals surface area contributed by atoms with Crippen LogP contribution in [0.5, 0.6) is 0 Å². The van der Waals surface area contributed by atoms with Gasteiger partial charge in [0.05, 0.1) is 0 Å². The molecule has 1 rings (SSSR count). The van der Waals surface area contributed by atoms with Gasteiger partial charge in [0.2, 0.25) is 0 Å². The Bertz CT molecular complexity index is 292. The monoisotopic (exact) mass is 206 g/mol.